The molecule has 5 aliphatic rings. The normalized spacial score (nSPS) is 45.3. The average molecular weight is 489 g/mol. The largest absolute Gasteiger partial charge is 0.510 e. The quantitative estimate of drug-likeness (QED) is 0.370. The molecular formula is C29H44O6. The zero-order chi connectivity index (χ0) is 24.8. The first-order chi connectivity index (χ1) is 16.7. The monoisotopic (exact) mass is 488 g/mol. The van der Waals surface area contributed by atoms with Crippen LogP contribution in [0.3, 0.4) is 0 Å². The van der Waals surface area contributed by atoms with Gasteiger partial charge in [0, 0.05) is 5.41 Å². The summed E-state index contributed by atoms with van der Waals surface area (Å²) in [5, 5.41) is 12.4. The Morgan fingerprint density at radius 3 is 2.71 bits per heavy atom. The Bertz CT molecular complexity index is 867. The van der Waals surface area contributed by atoms with E-state index in [-0.39, 0.29) is 16.9 Å². The first-order valence-corrected chi connectivity index (χ1v) is 13.9. The molecule has 5 rings (SSSR count). The van der Waals surface area contributed by atoms with Crippen molar-refractivity contribution in [2.75, 3.05) is 13.2 Å². The molecule has 0 bridgehead atoms. The summed E-state index contributed by atoms with van der Waals surface area (Å²) in [5.74, 6) is 1.88. The van der Waals surface area contributed by atoms with E-state index >= 15 is 0 Å². The lowest BCUT2D eigenvalue weighted by Crippen LogP contribution is -2.62. The van der Waals surface area contributed by atoms with E-state index in [1.165, 1.54) is 12.0 Å². The van der Waals surface area contributed by atoms with E-state index in [0.717, 1.165) is 51.4 Å². The van der Waals surface area contributed by atoms with E-state index in [2.05, 4.69) is 26.0 Å². The second kappa shape index (κ2) is 9.41. The van der Waals surface area contributed by atoms with Gasteiger partial charge in [-0.15, -0.1) is 0 Å². The molecular weight excluding hydrogens is 444 g/mol. The molecule has 4 aliphatic carbocycles. The molecule has 1 aliphatic heterocycles. The summed E-state index contributed by atoms with van der Waals surface area (Å²) in [6.07, 6.45) is 14.6. The summed E-state index contributed by atoms with van der Waals surface area (Å²) in [4.78, 5) is 11.6. The van der Waals surface area contributed by atoms with Crippen LogP contribution in [0.15, 0.2) is 24.0 Å². The van der Waals surface area contributed by atoms with Crippen molar-refractivity contribution < 1.29 is 28.8 Å². The number of allylic oxidation sites excluding steroid dienone is 2. The highest BCUT2D eigenvalue weighted by Gasteiger charge is 2.67. The van der Waals surface area contributed by atoms with Crippen molar-refractivity contribution in [1.82, 2.24) is 0 Å². The van der Waals surface area contributed by atoms with E-state index in [9.17, 15) is 9.90 Å². The number of aliphatic hydroxyl groups is 1. The SMILES string of the molecule is CCOC(=O)OC(C)OC1CCC2(C)C(CCC3C2CCC2(C)C(C4=COCC=C4)CCC32O)C1. The lowest BCUT2D eigenvalue weighted by Gasteiger charge is -2.63. The third-order valence-corrected chi connectivity index (χ3v) is 10.8. The number of carbonyl (C=O) groups is 1. The molecule has 6 heteroatoms. The Labute approximate surface area is 210 Å². The number of ether oxygens (including phenoxy) is 4. The second-order valence-electron chi connectivity index (χ2n) is 12.2. The highest BCUT2D eigenvalue weighted by Crippen LogP contribution is 2.70. The van der Waals surface area contributed by atoms with Gasteiger partial charge in [0.25, 0.3) is 0 Å². The zero-order valence-corrected chi connectivity index (χ0v) is 22.0. The van der Waals surface area contributed by atoms with E-state index in [1.54, 1.807) is 13.8 Å². The molecule has 1 N–H and O–H groups in total. The van der Waals surface area contributed by atoms with Gasteiger partial charge >= 0.3 is 6.16 Å². The van der Waals surface area contributed by atoms with Crippen LogP contribution in [0, 0.1) is 34.5 Å². The Kier molecular flexibility index (Phi) is 6.75. The molecule has 196 valence electrons. The smallest absolute Gasteiger partial charge is 0.497 e. The number of hydrogen-bond donors (Lipinski definition) is 1. The molecule has 0 aromatic carbocycles. The molecule has 0 saturated heterocycles. The van der Waals surface area contributed by atoms with Gasteiger partial charge in [0.15, 0.2) is 0 Å². The van der Waals surface area contributed by atoms with Gasteiger partial charge in [-0.1, -0.05) is 19.9 Å². The first kappa shape index (κ1) is 25.1. The number of fused-ring (bicyclic) bond motifs is 5. The zero-order valence-electron chi connectivity index (χ0n) is 22.0. The Balaban J connectivity index is 1.27. The summed E-state index contributed by atoms with van der Waals surface area (Å²) in [6.45, 7) is 9.33. The van der Waals surface area contributed by atoms with Crippen LogP contribution < -0.4 is 0 Å². The maximum atomic E-state index is 12.4. The summed E-state index contributed by atoms with van der Waals surface area (Å²) in [7, 11) is 0. The topological polar surface area (TPSA) is 74.2 Å². The van der Waals surface area contributed by atoms with Gasteiger partial charge in [-0.2, -0.15) is 0 Å². The minimum atomic E-state index is -0.666. The standard InChI is InChI=1S/C29H44O6/c1-5-33-26(30)35-19(2)34-22-10-13-27(3)21(17-22)8-9-25-24(27)11-14-28(4)23(12-15-29(25,28)31)20-7-6-16-32-18-20/h6-7,18-19,21-25,31H,5,8-17H2,1-4H3. The van der Waals surface area contributed by atoms with Gasteiger partial charge < -0.3 is 24.1 Å². The molecule has 9 atom stereocenters. The Morgan fingerprint density at radius 1 is 1.14 bits per heavy atom. The van der Waals surface area contributed by atoms with Crippen molar-refractivity contribution in [2.24, 2.45) is 34.5 Å². The van der Waals surface area contributed by atoms with Crippen LogP contribution in [-0.4, -0.2) is 42.5 Å². The van der Waals surface area contributed by atoms with E-state index in [1.807, 2.05) is 6.26 Å². The van der Waals surface area contributed by atoms with Crippen LogP contribution in [0.1, 0.15) is 85.5 Å². The predicted molar refractivity (Wildman–Crippen MR) is 132 cm³/mol. The summed E-state index contributed by atoms with van der Waals surface area (Å²) in [5.41, 5.74) is 0.811. The van der Waals surface area contributed by atoms with Crippen LogP contribution in [0.25, 0.3) is 0 Å². The number of rotatable bonds is 5. The second-order valence-corrected chi connectivity index (χ2v) is 12.2. The molecule has 4 fully saturated rings. The van der Waals surface area contributed by atoms with Crippen LogP contribution in [0.5, 0.6) is 0 Å². The van der Waals surface area contributed by atoms with Gasteiger partial charge in [0.2, 0.25) is 6.29 Å². The molecule has 0 radical (unpaired) electrons. The lowest BCUT2D eigenvalue weighted by molar-refractivity contribution is -0.218. The van der Waals surface area contributed by atoms with Crippen LogP contribution in [0.2, 0.25) is 0 Å². The van der Waals surface area contributed by atoms with Crippen LogP contribution in [0.4, 0.5) is 4.79 Å². The average Bonchev–Trinajstić information content (AvgIpc) is 3.11. The van der Waals surface area contributed by atoms with Crippen molar-refractivity contribution in [3.8, 4) is 0 Å². The molecule has 1 heterocycles. The maximum Gasteiger partial charge on any atom is 0.510 e. The fourth-order valence-electron chi connectivity index (χ4n) is 9.05. The van der Waals surface area contributed by atoms with Gasteiger partial charge in [-0.25, -0.2) is 4.79 Å². The third kappa shape index (κ3) is 4.13. The minimum Gasteiger partial charge on any atom is -0.497 e. The van der Waals surface area contributed by atoms with Crippen molar-refractivity contribution in [3.63, 3.8) is 0 Å². The minimum absolute atomic E-state index is 0.0889. The molecule has 35 heavy (non-hydrogen) atoms. The summed E-state index contributed by atoms with van der Waals surface area (Å²) >= 11 is 0. The Morgan fingerprint density at radius 2 is 1.97 bits per heavy atom. The molecule has 0 aromatic rings. The molecule has 4 saturated carbocycles. The molecule has 0 amide bonds. The van der Waals surface area contributed by atoms with E-state index < -0.39 is 18.0 Å². The first-order valence-electron chi connectivity index (χ1n) is 13.9. The molecule has 6 nitrogen and oxygen atoms in total. The highest BCUT2D eigenvalue weighted by molar-refractivity contribution is 5.59. The third-order valence-electron chi connectivity index (χ3n) is 10.8. The maximum absolute atomic E-state index is 12.4. The predicted octanol–water partition coefficient (Wildman–Crippen LogP) is 6.13. The van der Waals surface area contributed by atoms with Crippen molar-refractivity contribution >= 4 is 6.16 Å². The Hall–Kier alpha value is -1.53. The summed E-state index contributed by atoms with van der Waals surface area (Å²) < 4.78 is 21.9. The molecule has 0 aromatic heterocycles. The molecule has 9 unspecified atom stereocenters. The van der Waals surface area contributed by atoms with Crippen molar-refractivity contribution in [1.29, 1.82) is 0 Å². The fourth-order valence-corrected chi connectivity index (χ4v) is 9.05. The van der Waals surface area contributed by atoms with Gasteiger partial charge in [0.1, 0.15) is 6.61 Å². The lowest BCUT2D eigenvalue weighted by atomic mass is 9.43. The summed E-state index contributed by atoms with van der Waals surface area (Å²) in [6, 6.07) is 0. The van der Waals surface area contributed by atoms with Gasteiger partial charge in [-0.05, 0) is 112 Å². The van der Waals surface area contributed by atoms with Gasteiger partial charge in [0.05, 0.1) is 24.6 Å². The van der Waals surface area contributed by atoms with E-state index in [0.29, 0.717) is 36.9 Å². The number of hydrogen-bond acceptors (Lipinski definition) is 6. The fraction of sp³-hybridized carbons (Fsp3) is 0.828. The van der Waals surface area contributed by atoms with Crippen LogP contribution in [-0.2, 0) is 18.9 Å². The van der Waals surface area contributed by atoms with Crippen molar-refractivity contribution in [3.05, 3.63) is 24.0 Å². The van der Waals surface area contributed by atoms with Gasteiger partial charge in [-0.3, -0.25) is 0 Å². The highest BCUT2D eigenvalue weighted by atomic mass is 16.8. The van der Waals surface area contributed by atoms with E-state index in [4.69, 9.17) is 18.9 Å². The van der Waals surface area contributed by atoms with Crippen molar-refractivity contribution in [2.45, 2.75) is 103 Å². The number of carbonyl (C=O) groups excluding carboxylic acids is 1. The molecule has 0 spiro atoms. The van der Waals surface area contributed by atoms with Crippen LogP contribution >= 0.6 is 0 Å².